The molecule has 0 aromatic carbocycles. The fraction of sp³-hybridized carbons (Fsp3) is 0.917. The summed E-state index contributed by atoms with van der Waals surface area (Å²) in [5.41, 5.74) is 0. The van der Waals surface area contributed by atoms with E-state index < -0.39 is 0 Å². The Morgan fingerprint density at radius 1 is 1.31 bits per heavy atom. The SMILES string of the molecule is CCCCNC(=S)NCCC1CCCCO1. The van der Waals surface area contributed by atoms with Crippen molar-refractivity contribution < 1.29 is 4.74 Å². The maximum absolute atomic E-state index is 5.65. The van der Waals surface area contributed by atoms with Crippen LogP contribution in [0.3, 0.4) is 0 Å². The van der Waals surface area contributed by atoms with Crippen molar-refractivity contribution in [3.05, 3.63) is 0 Å². The third kappa shape index (κ3) is 6.28. The van der Waals surface area contributed by atoms with E-state index in [0.717, 1.165) is 31.2 Å². The highest BCUT2D eigenvalue weighted by molar-refractivity contribution is 7.80. The average molecular weight is 244 g/mol. The molecule has 16 heavy (non-hydrogen) atoms. The summed E-state index contributed by atoms with van der Waals surface area (Å²) in [5, 5.41) is 7.21. The van der Waals surface area contributed by atoms with Gasteiger partial charge in [-0.2, -0.15) is 0 Å². The lowest BCUT2D eigenvalue weighted by molar-refractivity contribution is 0.0122. The first kappa shape index (κ1) is 13.7. The van der Waals surface area contributed by atoms with Crippen LogP contribution in [0.15, 0.2) is 0 Å². The number of hydrogen-bond acceptors (Lipinski definition) is 2. The van der Waals surface area contributed by atoms with Crippen LogP contribution in [0.25, 0.3) is 0 Å². The molecule has 3 nitrogen and oxygen atoms in total. The van der Waals surface area contributed by atoms with Crippen molar-refractivity contribution in [1.29, 1.82) is 0 Å². The van der Waals surface area contributed by atoms with Gasteiger partial charge >= 0.3 is 0 Å². The highest BCUT2D eigenvalue weighted by Crippen LogP contribution is 2.14. The number of hydrogen-bond donors (Lipinski definition) is 2. The molecule has 1 unspecified atom stereocenters. The largest absolute Gasteiger partial charge is 0.378 e. The summed E-state index contributed by atoms with van der Waals surface area (Å²) in [6.45, 7) is 5.01. The van der Waals surface area contributed by atoms with Crippen LogP contribution in [0.1, 0.15) is 45.4 Å². The summed E-state index contributed by atoms with van der Waals surface area (Å²) in [7, 11) is 0. The quantitative estimate of drug-likeness (QED) is 0.554. The van der Waals surface area contributed by atoms with Crippen LogP contribution in [0, 0.1) is 0 Å². The summed E-state index contributed by atoms with van der Waals surface area (Å²) in [6.07, 6.45) is 7.62. The molecule has 0 amide bonds. The van der Waals surface area contributed by atoms with Crippen LogP contribution in [0.5, 0.6) is 0 Å². The van der Waals surface area contributed by atoms with E-state index in [1.54, 1.807) is 0 Å². The van der Waals surface area contributed by atoms with Crippen molar-refractivity contribution in [2.75, 3.05) is 19.7 Å². The molecule has 0 aliphatic carbocycles. The predicted octanol–water partition coefficient (Wildman–Crippen LogP) is 2.21. The molecule has 1 saturated heterocycles. The third-order valence-electron chi connectivity index (χ3n) is 2.84. The number of thiocarbonyl (C=S) groups is 1. The van der Waals surface area contributed by atoms with E-state index >= 15 is 0 Å². The molecule has 94 valence electrons. The highest BCUT2D eigenvalue weighted by Gasteiger charge is 2.12. The molecule has 1 heterocycles. The van der Waals surface area contributed by atoms with E-state index in [1.807, 2.05) is 0 Å². The Morgan fingerprint density at radius 2 is 2.12 bits per heavy atom. The maximum atomic E-state index is 5.65. The number of rotatable bonds is 6. The zero-order valence-electron chi connectivity index (χ0n) is 10.3. The van der Waals surface area contributed by atoms with Crippen molar-refractivity contribution in [3.63, 3.8) is 0 Å². The lowest BCUT2D eigenvalue weighted by Gasteiger charge is -2.22. The van der Waals surface area contributed by atoms with Crippen molar-refractivity contribution >= 4 is 17.3 Å². The van der Waals surface area contributed by atoms with Crippen LogP contribution in [0.4, 0.5) is 0 Å². The Kier molecular flexibility index (Phi) is 7.51. The van der Waals surface area contributed by atoms with Gasteiger partial charge in [0.05, 0.1) is 6.10 Å². The molecule has 0 aromatic heterocycles. The van der Waals surface area contributed by atoms with Crippen molar-refractivity contribution in [1.82, 2.24) is 10.6 Å². The van der Waals surface area contributed by atoms with Gasteiger partial charge < -0.3 is 15.4 Å². The summed E-state index contributed by atoms with van der Waals surface area (Å²) >= 11 is 5.17. The van der Waals surface area contributed by atoms with Crippen LogP contribution in [0.2, 0.25) is 0 Å². The molecule has 4 heteroatoms. The average Bonchev–Trinajstić information content (AvgIpc) is 2.31. The van der Waals surface area contributed by atoms with Gasteiger partial charge in [-0.25, -0.2) is 0 Å². The van der Waals surface area contributed by atoms with Gasteiger partial charge in [0.1, 0.15) is 0 Å². The summed E-state index contributed by atoms with van der Waals surface area (Å²) < 4.78 is 5.65. The van der Waals surface area contributed by atoms with Crippen molar-refractivity contribution in [2.24, 2.45) is 0 Å². The van der Waals surface area contributed by atoms with E-state index in [0.29, 0.717) is 6.10 Å². The van der Waals surface area contributed by atoms with Crippen molar-refractivity contribution in [3.8, 4) is 0 Å². The maximum Gasteiger partial charge on any atom is 0.166 e. The second-order valence-corrected chi connectivity index (χ2v) is 4.72. The minimum Gasteiger partial charge on any atom is -0.378 e. The number of nitrogens with one attached hydrogen (secondary N) is 2. The number of unbranched alkanes of at least 4 members (excludes halogenated alkanes) is 1. The zero-order valence-corrected chi connectivity index (χ0v) is 11.1. The summed E-state index contributed by atoms with van der Waals surface area (Å²) in [5.74, 6) is 0. The molecule has 2 N–H and O–H groups in total. The molecule has 1 aliphatic heterocycles. The van der Waals surface area contributed by atoms with Crippen LogP contribution >= 0.6 is 12.2 Å². The molecular formula is C12H24N2OS. The van der Waals surface area contributed by atoms with E-state index in [2.05, 4.69) is 17.6 Å². The third-order valence-corrected chi connectivity index (χ3v) is 3.13. The minimum atomic E-state index is 0.444. The van der Waals surface area contributed by atoms with Gasteiger partial charge in [0.25, 0.3) is 0 Å². The molecular weight excluding hydrogens is 220 g/mol. The minimum absolute atomic E-state index is 0.444. The molecule has 1 aliphatic rings. The van der Waals surface area contributed by atoms with E-state index in [4.69, 9.17) is 17.0 Å². The van der Waals surface area contributed by atoms with E-state index in [9.17, 15) is 0 Å². The molecule has 0 radical (unpaired) electrons. The molecule has 0 aromatic rings. The van der Waals surface area contributed by atoms with Gasteiger partial charge in [-0.15, -0.1) is 0 Å². The van der Waals surface area contributed by atoms with Gasteiger partial charge in [-0.3, -0.25) is 0 Å². The Bertz CT molecular complexity index is 193. The fourth-order valence-corrected chi connectivity index (χ4v) is 2.03. The Balaban J connectivity index is 1.94. The summed E-state index contributed by atoms with van der Waals surface area (Å²) in [4.78, 5) is 0. The standard InChI is InChI=1S/C12H24N2OS/c1-2-3-8-13-12(16)14-9-7-11-6-4-5-10-15-11/h11H,2-10H2,1H3,(H2,13,14,16). The van der Waals surface area contributed by atoms with E-state index in [1.165, 1.54) is 32.1 Å². The van der Waals surface area contributed by atoms with Gasteiger partial charge in [0.2, 0.25) is 0 Å². The first-order valence-corrected chi connectivity index (χ1v) is 6.87. The Labute approximate surface area is 104 Å². The second-order valence-electron chi connectivity index (χ2n) is 4.31. The Hall–Kier alpha value is -0.350. The van der Waals surface area contributed by atoms with Gasteiger partial charge in [-0.1, -0.05) is 13.3 Å². The molecule has 0 spiro atoms. The lowest BCUT2D eigenvalue weighted by atomic mass is 10.1. The van der Waals surface area contributed by atoms with Crippen molar-refractivity contribution in [2.45, 2.75) is 51.6 Å². The Morgan fingerprint density at radius 3 is 2.81 bits per heavy atom. The molecule has 0 saturated carbocycles. The van der Waals surface area contributed by atoms with Gasteiger partial charge in [0, 0.05) is 19.7 Å². The van der Waals surface area contributed by atoms with Crippen LogP contribution in [-0.2, 0) is 4.74 Å². The highest BCUT2D eigenvalue weighted by atomic mass is 32.1. The smallest absolute Gasteiger partial charge is 0.166 e. The van der Waals surface area contributed by atoms with Gasteiger partial charge in [0.15, 0.2) is 5.11 Å². The first-order valence-electron chi connectivity index (χ1n) is 6.46. The van der Waals surface area contributed by atoms with E-state index in [-0.39, 0.29) is 0 Å². The zero-order chi connectivity index (χ0) is 11.6. The van der Waals surface area contributed by atoms with Crippen LogP contribution < -0.4 is 10.6 Å². The monoisotopic (exact) mass is 244 g/mol. The molecule has 1 atom stereocenters. The topological polar surface area (TPSA) is 33.3 Å². The molecule has 1 rings (SSSR count). The first-order chi connectivity index (χ1) is 7.83. The molecule has 0 bridgehead atoms. The molecule has 1 fully saturated rings. The normalized spacial score (nSPS) is 20.4. The lowest BCUT2D eigenvalue weighted by Crippen LogP contribution is -2.37. The summed E-state index contributed by atoms with van der Waals surface area (Å²) in [6, 6.07) is 0. The number of ether oxygens (including phenoxy) is 1. The van der Waals surface area contributed by atoms with Gasteiger partial charge in [-0.05, 0) is 44.3 Å². The van der Waals surface area contributed by atoms with Crippen LogP contribution in [-0.4, -0.2) is 30.9 Å². The predicted molar refractivity (Wildman–Crippen MR) is 71.7 cm³/mol. The second kappa shape index (κ2) is 8.76. The fourth-order valence-electron chi connectivity index (χ4n) is 1.82.